The van der Waals surface area contributed by atoms with E-state index in [4.69, 9.17) is 14.8 Å². The maximum absolute atomic E-state index is 12.7. The lowest BCUT2D eigenvalue weighted by Gasteiger charge is -2.23. The second-order valence-electron chi connectivity index (χ2n) is 14.5. The Balaban J connectivity index is 4.29. The molecule has 8 nitrogen and oxygen atoms in total. The molecule has 3 atom stereocenters. The number of rotatable bonds is 40. The molecular weight excluding hydrogens is 671 g/mol. The van der Waals surface area contributed by atoms with Crippen molar-refractivity contribution in [1.82, 2.24) is 5.32 Å². The van der Waals surface area contributed by atoms with E-state index in [9.17, 15) is 19.4 Å². The highest BCUT2D eigenvalue weighted by molar-refractivity contribution is 7.47. The zero-order valence-electron chi connectivity index (χ0n) is 33.8. The van der Waals surface area contributed by atoms with E-state index in [0.717, 1.165) is 44.9 Å². The molecule has 0 radical (unpaired) electrons. The number of unbranched alkanes of at least 4 members (excludes halogenated alkanes) is 24. The molecule has 306 valence electrons. The number of phosphoric ester groups is 1. The Hall–Kier alpha value is -1.28. The lowest BCUT2D eigenvalue weighted by molar-refractivity contribution is -0.123. The fourth-order valence-corrected chi connectivity index (χ4v) is 6.92. The zero-order valence-corrected chi connectivity index (χ0v) is 34.7. The minimum absolute atomic E-state index is 0.0726. The van der Waals surface area contributed by atoms with Crippen LogP contribution in [-0.4, -0.2) is 47.8 Å². The maximum Gasteiger partial charge on any atom is 0.472 e. The van der Waals surface area contributed by atoms with Crippen LogP contribution in [0.5, 0.6) is 0 Å². The molecule has 0 bridgehead atoms. The van der Waals surface area contributed by atoms with Crippen LogP contribution in [-0.2, 0) is 18.4 Å². The Morgan fingerprint density at radius 3 is 1.48 bits per heavy atom. The van der Waals surface area contributed by atoms with Crippen LogP contribution in [0, 0.1) is 0 Å². The summed E-state index contributed by atoms with van der Waals surface area (Å²) < 4.78 is 22.1. The van der Waals surface area contributed by atoms with E-state index in [1.165, 1.54) is 135 Å². The number of allylic oxidation sites excluding steroid dienone is 5. The van der Waals surface area contributed by atoms with Crippen molar-refractivity contribution >= 4 is 13.7 Å². The second-order valence-corrected chi connectivity index (χ2v) is 16.0. The third-order valence-electron chi connectivity index (χ3n) is 9.45. The molecule has 0 spiro atoms. The largest absolute Gasteiger partial charge is 0.472 e. The first-order chi connectivity index (χ1) is 25.4. The monoisotopic (exact) mass is 755 g/mol. The lowest BCUT2D eigenvalue weighted by Crippen LogP contribution is -2.45. The zero-order chi connectivity index (χ0) is 38.2. The van der Waals surface area contributed by atoms with Gasteiger partial charge in [-0.25, -0.2) is 4.57 Å². The molecule has 0 aliphatic carbocycles. The van der Waals surface area contributed by atoms with E-state index < -0.39 is 20.0 Å². The summed E-state index contributed by atoms with van der Waals surface area (Å²) in [5, 5.41) is 13.6. The van der Waals surface area contributed by atoms with Crippen molar-refractivity contribution in [2.45, 2.75) is 212 Å². The van der Waals surface area contributed by atoms with E-state index in [-0.39, 0.29) is 25.7 Å². The molecule has 0 aliphatic rings. The van der Waals surface area contributed by atoms with Crippen LogP contribution in [0.3, 0.4) is 0 Å². The van der Waals surface area contributed by atoms with Gasteiger partial charge in [-0.3, -0.25) is 13.8 Å². The number of hydrogen-bond donors (Lipinski definition) is 4. The van der Waals surface area contributed by atoms with Crippen LogP contribution in [0.15, 0.2) is 36.5 Å². The number of aliphatic hydroxyl groups excluding tert-OH is 1. The fraction of sp³-hybridized carbons (Fsp3) is 0.837. The van der Waals surface area contributed by atoms with E-state index in [0.29, 0.717) is 6.42 Å². The number of amides is 1. The normalized spacial score (nSPS) is 14.5. The highest BCUT2D eigenvalue weighted by Gasteiger charge is 2.26. The Morgan fingerprint density at radius 2 is 1.02 bits per heavy atom. The van der Waals surface area contributed by atoms with E-state index >= 15 is 0 Å². The average molecular weight is 755 g/mol. The summed E-state index contributed by atoms with van der Waals surface area (Å²) in [6.07, 6.45) is 46.2. The van der Waals surface area contributed by atoms with Gasteiger partial charge in [-0.15, -0.1) is 0 Å². The number of nitrogens with two attached hydrogens (primary N) is 1. The molecule has 0 heterocycles. The summed E-state index contributed by atoms with van der Waals surface area (Å²) in [5.41, 5.74) is 5.36. The minimum Gasteiger partial charge on any atom is -0.387 e. The maximum atomic E-state index is 12.7. The third kappa shape index (κ3) is 37.1. The van der Waals surface area contributed by atoms with Crippen LogP contribution in [0.2, 0.25) is 0 Å². The van der Waals surface area contributed by atoms with Crippen LogP contribution in [0.25, 0.3) is 0 Å². The topological polar surface area (TPSA) is 131 Å². The van der Waals surface area contributed by atoms with Gasteiger partial charge < -0.3 is 21.1 Å². The fourth-order valence-electron chi connectivity index (χ4n) is 6.16. The highest BCUT2D eigenvalue weighted by atomic mass is 31.2. The van der Waals surface area contributed by atoms with Crippen LogP contribution in [0.1, 0.15) is 200 Å². The van der Waals surface area contributed by atoms with Gasteiger partial charge in [0.2, 0.25) is 5.91 Å². The molecule has 0 rings (SSSR count). The quantitative estimate of drug-likeness (QED) is 0.0278. The van der Waals surface area contributed by atoms with Gasteiger partial charge in [0, 0.05) is 13.0 Å². The standard InChI is InChI=1S/C43H83N2O6P/c1-3-5-7-9-11-13-15-17-18-19-20-21-22-23-25-26-28-30-32-34-36-42(46)41(40-51-52(48,49)50-39-38-44)45-43(47)37-35-33-31-29-27-24-16-14-12-10-8-6-4-2/h21-22,26,28,34,36,41-42,46H,3-20,23-25,27,29-33,35,37-40,44H2,1-2H3,(H,45,47)(H,48,49)/b22-21+,28-26+,36-34+. The van der Waals surface area contributed by atoms with Gasteiger partial charge in [0.15, 0.2) is 0 Å². The van der Waals surface area contributed by atoms with Gasteiger partial charge >= 0.3 is 7.82 Å². The number of carbonyl (C=O) groups is 1. The number of phosphoric acid groups is 1. The van der Waals surface area contributed by atoms with Gasteiger partial charge in [-0.2, -0.15) is 0 Å². The van der Waals surface area contributed by atoms with Crippen molar-refractivity contribution in [3.63, 3.8) is 0 Å². The first kappa shape index (κ1) is 50.7. The third-order valence-corrected chi connectivity index (χ3v) is 10.4. The summed E-state index contributed by atoms with van der Waals surface area (Å²) in [4.78, 5) is 22.6. The summed E-state index contributed by atoms with van der Waals surface area (Å²) in [6.45, 7) is 4.10. The molecular formula is C43H83N2O6P. The SMILES string of the molecule is CCCCCCCCCCCC/C=C/CC/C=C/CC/C=C/C(O)C(COP(=O)(O)OCCN)NC(=O)CCCCCCCCCCCCCCC. The molecule has 0 aromatic carbocycles. The van der Waals surface area contributed by atoms with Crippen LogP contribution < -0.4 is 11.1 Å². The molecule has 3 unspecified atom stereocenters. The van der Waals surface area contributed by atoms with Crippen LogP contribution in [0.4, 0.5) is 0 Å². The van der Waals surface area contributed by atoms with Crippen molar-refractivity contribution in [3.05, 3.63) is 36.5 Å². The minimum atomic E-state index is -4.35. The smallest absolute Gasteiger partial charge is 0.387 e. The summed E-state index contributed by atoms with van der Waals surface area (Å²) in [5.74, 6) is -0.208. The molecule has 5 N–H and O–H groups in total. The molecule has 0 aromatic heterocycles. The summed E-state index contributed by atoms with van der Waals surface area (Å²) >= 11 is 0. The van der Waals surface area contributed by atoms with Crippen molar-refractivity contribution in [3.8, 4) is 0 Å². The molecule has 0 aliphatic heterocycles. The molecule has 52 heavy (non-hydrogen) atoms. The summed E-state index contributed by atoms with van der Waals surface area (Å²) in [7, 11) is -4.35. The van der Waals surface area contributed by atoms with E-state index in [1.807, 2.05) is 6.08 Å². The number of aliphatic hydroxyl groups is 1. The Morgan fingerprint density at radius 1 is 0.615 bits per heavy atom. The van der Waals surface area contributed by atoms with Crippen molar-refractivity contribution in [2.24, 2.45) is 5.73 Å². The Labute approximate surface area is 320 Å². The van der Waals surface area contributed by atoms with Crippen molar-refractivity contribution in [2.75, 3.05) is 19.8 Å². The molecule has 0 fully saturated rings. The second kappa shape index (κ2) is 39.4. The Bertz CT molecular complexity index is 912. The lowest BCUT2D eigenvalue weighted by atomic mass is 10.0. The Kier molecular flexibility index (Phi) is 38.4. The van der Waals surface area contributed by atoms with Gasteiger partial charge in [0.1, 0.15) is 0 Å². The molecule has 1 amide bonds. The average Bonchev–Trinajstić information content (AvgIpc) is 3.13. The first-order valence-electron chi connectivity index (χ1n) is 21.6. The molecule has 0 saturated carbocycles. The number of nitrogens with one attached hydrogen (secondary N) is 1. The van der Waals surface area contributed by atoms with E-state index in [2.05, 4.69) is 43.5 Å². The van der Waals surface area contributed by atoms with Gasteiger partial charge in [-0.05, 0) is 44.9 Å². The molecule has 0 saturated heterocycles. The number of hydrogen-bond acceptors (Lipinski definition) is 6. The predicted octanol–water partition coefficient (Wildman–Crippen LogP) is 11.9. The van der Waals surface area contributed by atoms with Crippen molar-refractivity contribution < 1.29 is 28.4 Å². The first-order valence-corrected chi connectivity index (χ1v) is 23.1. The highest BCUT2D eigenvalue weighted by Crippen LogP contribution is 2.43. The summed E-state index contributed by atoms with van der Waals surface area (Å²) in [6, 6.07) is -0.879. The van der Waals surface area contributed by atoms with Crippen LogP contribution >= 0.6 is 7.82 Å². The predicted molar refractivity (Wildman–Crippen MR) is 221 cm³/mol. The van der Waals surface area contributed by atoms with Crippen molar-refractivity contribution in [1.29, 1.82) is 0 Å². The van der Waals surface area contributed by atoms with Gasteiger partial charge in [0.25, 0.3) is 0 Å². The van der Waals surface area contributed by atoms with Gasteiger partial charge in [0.05, 0.1) is 25.4 Å². The number of carbonyl (C=O) groups excluding carboxylic acids is 1. The molecule has 0 aromatic rings. The van der Waals surface area contributed by atoms with E-state index in [1.54, 1.807) is 6.08 Å². The molecule has 9 heteroatoms. The van der Waals surface area contributed by atoms with Gasteiger partial charge in [-0.1, -0.05) is 185 Å².